The fourth-order valence-corrected chi connectivity index (χ4v) is 4.23. The van der Waals surface area contributed by atoms with Gasteiger partial charge in [-0.3, -0.25) is 20.2 Å². The lowest BCUT2D eigenvalue weighted by atomic mass is 10.0. The minimum absolute atomic E-state index is 0.0725. The number of hydrogen-bond acceptors (Lipinski definition) is 1. The van der Waals surface area contributed by atoms with Crippen molar-refractivity contribution < 1.29 is 4.57 Å². The van der Waals surface area contributed by atoms with E-state index in [2.05, 4.69) is 11.8 Å². The van der Waals surface area contributed by atoms with E-state index >= 15 is 0 Å². The van der Waals surface area contributed by atoms with Crippen LogP contribution in [0.3, 0.4) is 0 Å². The summed E-state index contributed by atoms with van der Waals surface area (Å²) in [4.78, 5) is 3.72. The average molecular weight is 350 g/mol. The van der Waals surface area contributed by atoms with E-state index in [-0.39, 0.29) is 6.04 Å². The van der Waals surface area contributed by atoms with E-state index in [1.165, 1.54) is 0 Å². The van der Waals surface area contributed by atoms with Gasteiger partial charge in [0, 0.05) is 19.4 Å². The van der Waals surface area contributed by atoms with Crippen molar-refractivity contribution in [1.29, 1.82) is 0 Å². The number of hydrogen-bond donors (Lipinski definition) is 2. The summed E-state index contributed by atoms with van der Waals surface area (Å²) in [6.45, 7) is 16.0. The number of unbranched alkanes of at least 4 members (excludes halogenated alkanes) is 2. The van der Waals surface area contributed by atoms with Crippen molar-refractivity contribution in [3.05, 3.63) is 40.2 Å². The highest BCUT2D eigenvalue weighted by Crippen LogP contribution is 2.41. The van der Waals surface area contributed by atoms with Crippen molar-refractivity contribution in [2.45, 2.75) is 65.8 Å². The molecule has 0 heterocycles. The van der Waals surface area contributed by atoms with E-state index in [4.69, 9.17) is 17.6 Å². The van der Waals surface area contributed by atoms with Crippen molar-refractivity contribution >= 4 is 13.3 Å². The lowest BCUT2D eigenvalue weighted by Gasteiger charge is -2.31. The molecule has 1 aromatic rings. The van der Waals surface area contributed by atoms with Crippen LogP contribution in [-0.2, 0) is 4.57 Å². The fraction of sp³-hybridized carbons (Fsp3) is 0.611. The highest BCUT2D eigenvalue weighted by molar-refractivity contribution is 7.60. The van der Waals surface area contributed by atoms with Gasteiger partial charge in [-0.05, 0) is 38.3 Å². The van der Waals surface area contributed by atoms with Crippen molar-refractivity contribution in [3.63, 3.8) is 0 Å². The third-order valence-corrected chi connectivity index (χ3v) is 5.42. The van der Waals surface area contributed by atoms with Crippen molar-refractivity contribution in [2.75, 3.05) is 11.2 Å². The van der Waals surface area contributed by atoms with Gasteiger partial charge in [-0.2, -0.15) is 0 Å². The normalized spacial score (nSPS) is 12.7. The molecule has 1 atom stereocenters. The second kappa shape index (κ2) is 9.22. The van der Waals surface area contributed by atoms with Gasteiger partial charge >= 0.3 is 7.59 Å². The summed E-state index contributed by atoms with van der Waals surface area (Å²) in [6.07, 6.45) is 4.82. The first-order valence-corrected chi connectivity index (χ1v) is 10.4. The third-order valence-electron chi connectivity index (χ3n) is 4.27. The van der Waals surface area contributed by atoms with E-state index < -0.39 is 7.59 Å². The van der Waals surface area contributed by atoms with E-state index in [1.807, 2.05) is 32.9 Å². The molecular formula is C18H31N4OP. The van der Waals surface area contributed by atoms with Crippen LogP contribution in [0.4, 0.5) is 5.69 Å². The molecule has 1 aromatic carbocycles. The summed E-state index contributed by atoms with van der Waals surface area (Å²) in [7, 11) is -3.43. The molecule has 134 valence electrons. The molecule has 0 aromatic heterocycles. The first kappa shape index (κ1) is 20.7. The largest absolute Gasteiger partial charge is 0.314 e. The summed E-state index contributed by atoms with van der Waals surface area (Å²) in [5, 5.41) is 0. The molecule has 0 radical (unpaired) electrons. The molecule has 4 N–H and O–H groups in total. The Hall–Kier alpha value is -1.34. The highest BCUT2D eigenvalue weighted by Gasteiger charge is 2.26. The molecule has 5 nitrogen and oxygen atoms in total. The predicted octanol–water partition coefficient (Wildman–Crippen LogP) is 4.70. The first-order chi connectivity index (χ1) is 11.2. The van der Waals surface area contributed by atoms with Crippen LogP contribution in [0, 0.1) is 27.3 Å². The van der Waals surface area contributed by atoms with Gasteiger partial charge in [0.25, 0.3) is 0 Å². The molecular weight excluding hydrogens is 319 g/mol. The second-order valence-corrected chi connectivity index (χ2v) is 8.44. The number of nitrogens with two attached hydrogens (primary N) is 2. The molecule has 0 aliphatic carbocycles. The van der Waals surface area contributed by atoms with Crippen molar-refractivity contribution in [2.24, 2.45) is 11.0 Å². The number of anilines is 1. The predicted molar refractivity (Wildman–Crippen MR) is 103 cm³/mol. The van der Waals surface area contributed by atoms with Crippen LogP contribution >= 0.6 is 7.59 Å². The van der Waals surface area contributed by atoms with Gasteiger partial charge in [0.15, 0.2) is 0 Å². The Balaban J connectivity index is 2.97. The zero-order chi connectivity index (χ0) is 18.3. The molecule has 0 aliphatic rings. The molecule has 0 fully saturated rings. The molecule has 0 bridgehead atoms. The van der Waals surface area contributed by atoms with Crippen LogP contribution in [0.2, 0.25) is 0 Å². The van der Waals surface area contributed by atoms with Gasteiger partial charge in [-0.1, -0.05) is 37.5 Å². The highest BCUT2D eigenvalue weighted by atomic mass is 31.2. The number of nitrogens with zero attached hydrogens (tertiary/aromatic N) is 2. The Labute approximate surface area is 146 Å². The van der Waals surface area contributed by atoms with Gasteiger partial charge in [0.05, 0.1) is 5.69 Å². The molecule has 6 heteroatoms. The van der Waals surface area contributed by atoms with Gasteiger partial charge in [0.2, 0.25) is 6.04 Å². The second-order valence-electron chi connectivity index (χ2n) is 6.61. The maximum atomic E-state index is 12.5. The SMILES string of the molecule is [C-]#[N+]C(CCCCC)CCN(c1c(C)cc(C)cc1C)P(N)(N)=O. The molecule has 0 aliphatic heterocycles. The third kappa shape index (κ3) is 5.94. The van der Waals surface area contributed by atoms with E-state index in [9.17, 15) is 4.57 Å². The van der Waals surface area contributed by atoms with Crippen LogP contribution in [0.5, 0.6) is 0 Å². The zero-order valence-corrected chi connectivity index (χ0v) is 16.3. The zero-order valence-electron chi connectivity index (χ0n) is 15.4. The molecule has 0 spiro atoms. The Kier molecular flexibility index (Phi) is 7.96. The van der Waals surface area contributed by atoms with E-state index in [0.717, 1.165) is 48.1 Å². The summed E-state index contributed by atoms with van der Waals surface area (Å²) >= 11 is 0. The van der Waals surface area contributed by atoms with Crippen molar-refractivity contribution in [1.82, 2.24) is 0 Å². The van der Waals surface area contributed by atoms with Crippen molar-refractivity contribution in [3.8, 4) is 0 Å². The maximum Gasteiger partial charge on any atom is 0.300 e. The van der Waals surface area contributed by atoms with Crippen LogP contribution in [-0.4, -0.2) is 12.6 Å². The van der Waals surface area contributed by atoms with Gasteiger partial charge in [-0.25, -0.2) is 6.57 Å². The minimum Gasteiger partial charge on any atom is -0.314 e. The van der Waals surface area contributed by atoms with Gasteiger partial charge < -0.3 is 4.85 Å². The quantitative estimate of drug-likeness (QED) is 0.384. The lowest BCUT2D eigenvalue weighted by molar-refractivity contribution is 0.561. The smallest absolute Gasteiger partial charge is 0.300 e. The van der Waals surface area contributed by atoms with E-state index in [1.54, 1.807) is 4.67 Å². The molecule has 0 saturated heterocycles. The van der Waals surface area contributed by atoms with Crippen LogP contribution in [0.1, 0.15) is 55.7 Å². The Morgan fingerprint density at radius 2 is 1.75 bits per heavy atom. The molecule has 1 unspecified atom stereocenters. The standard InChI is InChI=1S/C18H31N4OP/c1-6-7-8-9-17(21-5)10-11-22(24(19,20)23)18-15(3)12-14(2)13-16(18)4/h12-13,17H,6-11H2,1-4H3,(H4,19,20,23). The first-order valence-electron chi connectivity index (χ1n) is 8.60. The summed E-state index contributed by atoms with van der Waals surface area (Å²) in [5.74, 6) is 0. The van der Waals surface area contributed by atoms with E-state index in [0.29, 0.717) is 13.0 Å². The molecule has 1 rings (SSSR count). The summed E-state index contributed by atoms with van der Waals surface area (Å²) in [5.41, 5.74) is 15.6. The maximum absolute atomic E-state index is 12.5. The Morgan fingerprint density at radius 3 is 2.21 bits per heavy atom. The summed E-state index contributed by atoms with van der Waals surface area (Å²) in [6, 6.07) is 4.01. The topological polar surface area (TPSA) is 76.7 Å². The van der Waals surface area contributed by atoms with Crippen LogP contribution in [0.15, 0.2) is 12.1 Å². The lowest BCUT2D eigenvalue weighted by Crippen LogP contribution is -2.32. The van der Waals surface area contributed by atoms with Gasteiger partial charge in [-0.15, -0.1) is 0 Å². The Bertz CT molecular complexity index is 609. The molecule has 0 saturated carbocycles. The Morgan fingerprint density at radius 1 is 1.17 bits per heavy atom. The number of rotatable bonds is 9. The minimum atomic E-state index is -3.43. The summed E-state index contributed by atoms with van der Waals surface area (Å²) < 4.78 is 14.1. The number of aryl methyl sites for hydroxylation is 3. The monoisotopic (exact) mass is 350 g/mol. The van der Waals surface area contributed by atoms with Gasteiger partial charge in [0.1, 0.15) is 0 Å². The van der Waals surface area contributed by atoms with Crippen LogP contribution < -0.4 is 15.7 Å². The average Bonchev–Trinajstić information content (AvgIpc) is 2.46. The van der Waals surface area contributed by atoms with Crippen LogP contribution in [0.25, 0.3) is 4.85 Å². The fourth-order valence-electron chi connectivity index (χ4n) is 3.18. The molecule has 0 amide bonds. The molecule has 24 heavy (non-hydrogen) atoms. The number of benzene rings is 1.